The largest absolute Gasteiger partial charge is 0.480 e. The number of carbonyl (C=O) groups is 1. The van der Waals surface area contributed by atoms with E-state index < -0.39 is 12.0 Å². The molecule has 0 spiro atoms. The number of nitrogens with zero attached hydrogens (tertiary/aromatic N) is 3. The van der Waals surface area contributed by atoms with Crippen LogP contribution in [0.1, 0.15) is 12.0 Å². The standard InChI is InChI=1S/C13H16N4O3/c14-11(12(18)19)6-7-16-9-15-17(13(16)20)8-10-4-2-1-3-5-10/h1-5,9,11H,6-8,14H2,(H,18,19)/t11-/m0/s1. The molecular weight excluding hydrogens is 260 g/mol. The molecular formula is C13H16N4O3. The summed E-state index contributed by atoms with van der Waals surface area (Å²) >= 11 is 0. The SMILES string of the molecule is N[C@@H](CCn1cnn(Cc2ccccc2)c1=O)C(=O)O. The van der Waals surface area contributed by atoms with Gasteiger partial charge in [-0.3, -0.25) is 9.36 Å². The van der Waals surface area contributed by atoms with E-state index in [1.54, 1.807) is 0 Å². The van der Waals surface area contributed by atoms with E-state index in [9.17, 15) is 9.59 Å². The summed E-state index contributed by atoms with van der Waals surface area (Å²) in [4.78, 5) is 22.6. The highest BCUT2D eigenvalue weighted by atomic mass is 16.4. The van der Waals surface area contributed by atoms with Crippen molar-refractivity contribution in [3.63, 3.8) is 0 Å². The molecule has 0 aliphatic rings. The Balaban J connectivity index is 2.04. The van der Waals surface area contributed by atoms with E-state index in [2.05, 4.69) is 5.10 Å². The number of benzene rings is 1. The van der Waals surface area contributed by atoms with Gasteiger partial charge in [0, 0.05) is 6.54 Å². The zero-order chi connectivity index (χ0) is 14.5. The lowest BCUT2D eigenvalue weighted by Crippen LogP contribution is -2.33. The van der Waals surface area contributed by atoms with Crippen LogP contribution in [0.15, 0.2) is 41.5 Å². The third-order valence-corrected chi connectivity index (χ3v) is 2.97. The van der Waals surface area contributed by atoms with E-state index >= 15 is 0 Å². The van der Waals surface area contributed by atoms with Gasteiger partial charge in [0.1, 0.15) is 12.4 Å². The maximum Gasteiger partial charge on any atom is 0.346 e. The van der Waals surface area contributed by atoms with Gasteiger partial charge in [0.05, 0.1) is 6.54 Å². The van der Waals surface area contributed by atoms with E-state index in [1.165, 1.54) is 15.6 Å². The predicted octanol–water partition coefficient (Wildman–Crippen LogP) is -0.105. The van der Waals surface area contributed by atoms with Crippen molar-refractivity contribution < 1.29 is 9.90 Å². The highest BCUT2D eigenvalue weighted by Gasteiger charge is 2.12. The molecule has 1 aromatic carbocycles. The Hall–Kier alpha value is -2.41. The molecule has 0 amide bonds. The molecule has 0 fully saturated rings. The number of carboxylic acids is 1. The van der Waals surface area contributed by atoms with Crippen molar-refractivity contribution in [3.8, 4) is 0 Å². The zero-order valence-electron chi connectivity index (χ0n) is 10.8. The Morgan fingerprint density at radius 3 is 2.70 bits per heavy atom. The van der Waals surface area contributed by atoms with Gasteiger partial charge in [0.25, 0.3) is 0 Å². The van der Waals surface area contributed by atoms with Gasteiger partial charge < -0.3 is 10.8 Å². The Morgan fingerprint density at radius 2 is 2.05 bits per heavy atom. The maximum absolute atomic E-state index is 12.0. The van der Waals surface area contributed by atoms with Crippen LogP contribution in [0.5, 0.6) is 0 Å². The summed E-state index contributed by atoms with van der Waals surface area (Å²) in [5.41, 5.74) is 6.10. The van der Waals surface area contributed by atoms with Crippen LogP contribution < -0.4 is 11.4 Å². The van der Waals surface area contributed by atoms with Gasteiger partial charge in [-0.25, -0.2) is 9.48 Å². The topological polar surface area (TPSA) is 103 Å². The van der Waals surface area contributed by atoms with Crippen LogP contribution in [-0.2, 0) is 17.9 Å². The van der Waals surface area contributed by atoms with Gasteiger partial charge in [-0.1, -0.05) is 30.3 Å². The van der Waals surface area contributed by atoms with Crippen molar-refractivity contribution in [1.29, 1.82) is 0 Å². The fraction of sp³-hybridized carbons (Fsp3) is 0.308. The number of nitrogens with two attached hydrogens (primary N) is 1. The summed E-state index contributed by atoms with van der Waals surface area (Å²) in [7, 11) is 0. The minimum atomic E-state index is -1.07. The second-order valence-electron chi connectivity index (χ2n) is 4.48. The van der Waals surface area contributed by atoms with Crippen LogP contribution in [0.2, 0.25) is 0 Å². The summed E-state index contributed by atoms with van der Waals surface area (Å²) < 4.78 is 2.70. The van der Waals surface area contributed by atoms with Crippen LogP contribution in [0.4, 0.5) is 0 Å². The molecule has 0 saturated heterocycles. The van der Waals surface area contributed by atoms with Gasteiger partial charge in [-0.2, -0.15) is 5.10 Å². The summed E-state index contributed by atoms with van der Waals surface area (Å²) in [6, 6.07) is 8.53. The minimum absolute atomic E-state index is 0.187. The minimum Gasteiger partial charge on any atom is -0.480 e. The van der Waals surface area contributed by atoms with Crippen LogP contribution in [-0.4, -0.2) is 31.5 Å². The van der Waals surface area contributed by atoms with Crippen LogP contribution in [0.3, 0.4) is 0 Å². The first-order valence-electron chi connectivity index (χ1n) is 6.22. The quantitative estimate of drug-likeness (QED) is 0.766. The van der Waals surface area contributed by atoms with Crippen molar-refractivity contribution in [2.45, 2.75) is 25.6 Å². The summed E-state index contributed by atoms with van der Waals surface area (Å²) in [6.45, 7) is 0.624. The molecule has 0 aliphatic carbocycles. The number of aromatic nitrogens is 3. The number of aliphatic carboxylic acids is 1. The lowest BCUT2D eigenvalue weighted by Gasteiger charge is -2.05. The molecule has 0 bridgehead atoms. The molecule has 7 heteroatoms. The van der Waals surface area contributed by atoms with Crippen molar-refractivity contribution in [1.82, 2.24) is 14.3 Å². The van der Waals surface area contributed by atoms with Gasteiger partial charge in [-0.15, -0.1) is 0 Å². The Labute approximate surface area is 115 Å². The molecule has 0 aliphatic heterocycles. The molecule has 2 rings (SSSR count). The normalized spacial score (nSPS) is 12.2. The molecule has 20 heavy (non-hydrogen) atoms. The van der Waals surface area contributed by atoms with Gasteiger partial charge in [0.15, 0.2) is 0 Å². The number of aryl methyl sites for hydroxylation is 1. The Bertz CT molecular complexity index is 633. The summed E-state index contributed by atoms with van der Waals surface area (Å²) in [5.74, 6) is -1.07. The van der Waals surface area contributed by atoms with Crippen LogP contribution in [0, 0.1) is 0 Å². The molecule has 2 aromatic rings. The number of carboxylic acid groups (broad SMARTS) is 1. The van der Waals surface area contributed by atoms with Crippen LogP contribution in [0.25, 0.3) is 0 Å². The molecule has 3 N–H and O–H groups in total. The molecule has 7 nitrogen and oxygen atoms in total. The van der Waals surface area contributed by atoms with E-state index in [-0.39, 0.29) is 18.7 Å². The zero-order valence-corrected chi connectivity index (χ0v) is 10.8. The van der Waals surface area contributed by atoms with Crippen molar-refractivity contribution >= 4 is 5.97 Å². The van der Waals surface area contributed by atoms with Gasteiger partial charge in [0.2, 0.25) is 0 Å². The molecule has 0 saturated carbocycles. The monoisotopic (exact) mass is 276 g/mol. The van der Waals surface area contributed by atoms with Gasteiger partial charge in [-0.05, 0) is 12.0 Å². The van der Waals surface area contributed by atoms with E-state index in [1.807, 2.05) is 30.3 Å². The molecule has 106 valence electrons. The van der Waals surface area contributed by atoms with E-state index in [0.29, 0.717) is 6.54 Å². The van der Waals surface area contributed by atoms with Crippen molar-refractivity contribution in [2.24, 2.45) is 5.73 Å². The third-order valence-electron chi connectivity index (χ3n) is 2.97. The number of rotatable bonds is 6. The number of hydrogen-bond donors (Lipinski definition) is 2. The molecule has 0 radical (unpaired) electrons. The van der Waals surface area contributed by atoms with E-state index in [4.69, 9.17) is 10.8 Å². The first kappa shape index (κ1) is 14.0. The van der Waals surface area contributed by atoms with E-state index in [0.717, 1.165) is 5.56 Å². The van der Waals surface area contributed by atoms with Gasteiger partial charge >= 0.3 is 11.7 Å². The smallest absolute Gasteiger partial charge is 0.346 e. The molecule has 0 unspecified atom stereocenters. The Kier molecular flexibility index (Phi) is 4.31. The molecule has 1 heterocycles. The number of hydrogen-bond acceptors (Lipinski definition) is 4. The maximum atomic E-state index is 12.0. The highest BCUT2D eigenvalue weighted by molar-refractivity contribution is 5.72. The first-order valence-corrected chi connectivity index (χ1v) is 6.22. The average molecular weight is 276 g/mol. The lowest BCUT2D eigenvalue weighted by molar-refractivity contribution is -0.138. The van der Waals surface area contributed by atoms with Crippen molar-refractivity contribution in [3.05, 3.63) is 52.7 Å². The highest BCUT2D eigenvalue weighted by Crippen LogP contribution is 1.99. The molecule has 1 atom stereocenters. The average Bonchev–Trinajstić information content (AvgIpc) is 2.78. The Morgan fingerprint density at radius 1 is 1.35 bits per heavy atom. The predicted molar refractivity (Wildman–Crippen MR) is 72.3 cm³/mol. The second-order valence-corrected chi connectivity index (χ2v) is 4.48. The fourth-order valence-corrected chi connectivity index (χ4v) is 1.79. The third kappa shape index (κ3) is 3.33. The summed E-state index contributed by atoms with van der Waals surface area (Å²) in [5, 5.41) is 12.7. The fourth-order valence-electron chi connectivity index (χ4n) is 1.79. The van der Waals surface area contributed by atoms with Crippen LogP contribution >= 0.6 is 0 Å². The van der Waals surface area contributed by atoms with Crippen molar-refractivity contribution in [2.75, 3.05) is 0 Å². The molecule has 1 aromatic heterocycles. The first-order chi connectivity index (χ1) is 9.58. The summed E-state index contributed by atoms with van der Waals surface area (Å²) in [6.07, 6.45) is 1.59. The second kappa shape index (κ2) is 6.16. The lowest BCUT2D eigenvalue weighted by atomic mass is 10.2.